The summed E-state index contributed by atoms with van der Waals surface area (Å²) in [6.45, 7) is -0.532. The molecular formula is C31H28BrCl2N3O4S. The van der Waals surface area contributed by atoms with Crippen LogP contribution in [0.25, 0.3) is 0 Å². The zero-order valence-electron chi connectivity index (χ0n) is 22.6. The highest BCUT2D eigenvalue weighted by molar-refractivity contribution is 9.10. The number of anilines is 1. The van der Waals surface area contributed by atoms with E-state index in [0.29, 0.717) is 0 Å². The number of rotatable bonds is 11. The van der Waals surface area contributed by atoms with Crippen molar-refractivity contribution in [3.63, 3.8) is 0 Å². The molecule has 4 aromatic carbocycles. The van der Waals surface area contributed by atoms with Crippen molar-refractivity contribution in [3.8, 4) is 0 Å². The molecular weight excluding hydrogens is 661 g/mol. The number of nitrogens with zero attached hydrogens (tertiary/aromatic N) is 2. The van der Waals surface area contributed by atoms with Gasteiger partial charge in [0.25, 0.3) is 10.0 Å². The summed E-state index contributed by atoms with van der Waals surface area (Å²) in [7, 11) is -2.72. The molecule has 1 unspecified atom stereocenters. The third kappa shape index (κ3) is 7.72. The van der Waals surface area contributed by atoms with Gasteiger partial charge in [-0.3, -0.25) is 13.9 Å². The summed E-state index contributed by atoms with van der Waals surface area (Å²) in [5.74, 6) is -0.959. The molecule has 0 fully saturated rings. The first kappa shape index (κ1) is 31.6. The number of nitrogens with one attached hydrogen (secondary N) is 1. The van der Waals surface area contributed by atoms with E-state index in [1.54, 1.807) is 18.2 Å². The molecule has 0 aliphatic carbocycles. The molecule has 0 radical (unpaired) electrons. The van der Waals surface area contributed by atoms with Crippen LogP contribution in [0, 0.1) is 0 Å². The summed E-state index contributed by atoms with van der Waals surface area (Å²) < 4.78 is 29.7. The minimum absolute atomic E-state index is 0.00505. The zero-order valence-corrected chi connectivity index (χ0v) is 26.5. The Morgan fingerprint density at radius 2 is 1.48 bits per heavy atom. The normalized spacial score (nSPS) is 11.9. The molecule has 0 saturated heterocycles. The molecule has 0 heterocycles. The van der Waals surface area contributed by atoms with Crippen LogP contribution in [0.1, 0.15) is 11.1 Å². The van der Waals surface area contributed by atoms with E-state index in [4.69, 9.17) is 23.2 Å². The van der Waals surface area contributed by atoms with Gasteiger partial charge in [-0.05, 0) is 53.6 Å². The van der Waals surface area contributed by atoms with Gasteiger partial charge in [0.15, 0.2) is 0 Å². The largest absolute Gasteiger partial charge is 0.357 e. The molecule has 4 rings (SSSR count). The number of benzene rings is 4. The first-order chi connectivity index (χ1) is 20.1. The average Bonchev–Trinajstić information content (AvgIpc) is 2.99. The topological polar surface area (TPSA) is 86.8 Å². The zero-order chi connectivity index (χ0) is 30.3. The van der Waals surface area contributed by atoms with E-state index < -0.39 is 28.5 Å². The minimum Gasteiger partial charge on any atom is -0.357 e. The minimum atomic E-state index is -4.23. The molecule has 1 atom stereocenters. The SMILES string of the molecule is CNC(=O)C(Cc1ccccc1)N(Cc1cccc(Br)c1)C(=O)CN(c1ccc(Cl)c(Cl)c1)S(=O)(=O)c1ccccc1. The van der Waals surface area contributed by atoms with Crippen molar-refractivity contribution >= 4 is 66.7 Å². The van der Waals surface area contributed by atoms with Crippen molar-refractivity contribution in [2.75, 3.05) is 17.9 Å². The summed E-state index contributed by atoms with van der Waals surface area (Å²) in [5, 5.41) is 3.04. The number of sulfonamides is 1. The van der Waals surface area contributed by atoms with Crippen molar-refractivity contribution in [2.45, 2.75) is 23.9 Å². The van der Waals surface area contributed by atoms with Gasteiger partial charge in [0.05, 0.1) is 20.6 Å². The predicted molar refractivity (Wildman–Crippen MR) is 170 cm³/mol. The lowest BCUT2D eigenvalue weighted by atomic mass is 10.0. The second-order valence-corrected chi connectivity index (χ2v) is 13.0. The maximum Gasteiger partial charge on any atom is 0.264 e. The molecule has 0 aromatic heterocycles. The fourth-order valence-corrected chi connectivity index (χ4v) is 6.61. The van der Waals surface area contributed by atoms with E-state index in [1.807, 2.05) is 54.6 Å². The monoisotopic (exact) mass is 687 g/mol. The number of hydrogen-bond donors (Lipinski definition) is 1. The predicted octanol–water partition coefficient (Wildman–Crippen LogP) is 6.34. The van der Waals surface area contributed by atoms with Gasteiger partial charge < -0.3 is 10.2 Å². The highest BCUT2D eigenvalue weighted by atomic mass is 79.9. The Morgan fingerprint density at radius 1 is 0.833 bits per heavy atom. The van der Waals surface area contributed by atoms with Crippen LogP contribution >= 0.6 is 39.1 Å². The van der Waals surface area contributed by atoms with E-state index >= 15 is 0 Å². The molecule has 0 saturated carbocycles. The Bertz CT molecular complexity index is 1660. The quantitative estimate of drug-likeness (QED) is 0.199. The second kappa shape index (κ2) is 14.2. The van der Waals surface area contributed by atoms with E-state index in [0.717, 1.165) is 19.9 Å². The lowest BCUT2D eigenvalue weighted by Crippen LogP contribution is -2.53. The summed E-state index contributed by atoms with van der Waals surface area (Å²) in [4.78, 5) is 29.0. The first-order valence-corrected chi connectivity index (χ1v) is 15.9. The third-order valence-corrected chi connectivity index (χ3v) is 9.58. The number of carbonyl (C=O) groups is 2. The number of likely N-dealkylation sites (N-methyl/N-ethyl adjacent to an activating group) is 1. The molecule has 218 valence electrons. The van der Waals surface area contributed by atoms with Crippen molar-refractivity contribution in [1.82, 2.24) is 10.2 Å². The summed E-state index contributed by atoms with van der Waals surface area (Å²) >= 11 is 15.9. The molecule has 2 amide bonds. The number of halogens is 3. The summed E-state index contributed by atoms with van der Waals surface area (Å²) in [6, 6.07) is 27.9. The number of carbonyl (C=O) groups excluding carboxylic acids is 2. The van der Waals surface area contributed by atoms with Crippen molar-refractivity contribution in [3.05, 3.63) is 129 Å². The standard InChI is InChI=1S/C31H28BrCl2N3O4S/c1-35-31(39)29(18-22-9-4-2-5-10-22)36(20-23-11-8-12-24(32)17-23)30(38)21-37(25-15-16-27(33)28(34)19-25)42(40,41)26-13-6-3-7-14-26/h2-17,19,29H,18,20-21H2,1H3,(H,35,39). The number of hydrogen-bond acceptors (Lipinski definition) is 4. The Kier molecular flexibility index (Phi) is 10.7. The van der Waals surface area contributed by atoms with Crippen LogP contribution in [0.15, 0.2) is 112 Å². The lowest BCUT2D eigenvalue weighted by Gasteiger charge is -2.33. The Morgan fingerprint density at radius 3 is 2.10 bits per heavy atom. The smallest absolute Gasteiger partial charge is 0.264 e. The molecule has 0 spiro atoms. The van der Waals surface area contributed by atoms with Crippen LogP contribution in [-0.2, 0) is 32.6 Å². The summed E-state index contributed by atoms with van der Waals surface area (Å²) in [6.07, 6.45) is 0.221. The van der Waals surface area contributed by atoms with Crippen LogP contribution < -0.4 is 9.62 Å². The van der Waals surface area contributed by atoms with Crippen molar-refractivity contribution in [2.24, 2.45) is 0 Å². The van der Waals surface area contributed by atoms with Gasteiger partial charge in [0, 0.05) is 24.5 Å². The van der Waals surface area contributed by atoms with Gasteiger partial charge in [-0.1, -0.05) is 99.8 Å². The van der Waals surface area contributed by atoms with Gasteiger partial charge in [-0.15, -0.1) is 0 Å². The van der Waals surface area contributed by atoms with Gasteiger partial charge in [-0.25, -0.2) is 8.42 Å². The third-order valence-electron chi connectivity index (χ3n) is 6.56. The highest BCUT2D eigenvalue weighted by Crippen LogP contribution is 2.31. The molecule has 0 aliphatic heterocycles. The van der Waals surface area contributed by atoms with Crippen LogP contribution in [-0.4, -0.2) is 44.8 Å². The van der Waals surface area contributed by atoms with E-state index in [2.05, 4.69) is 21.2 Å². The molecule has 0 bridgehead atoms. The van der Waals surface area contributed by atoms with Crippen molar-refractivity contribution < 1.29 is 18.0 Å². The van der Waals surface area contributed by atoms with Gasteiger partial charge in [-0.2, -0.15) is 0 Å². The molecule has 42 heavy (non-hydrogen) atoms. The first-order valence-electron chi connectivity index (χ1n) is 12.9. The molecule has 1 N–H and O–H groups in total. The van der Waals surface area contributed by atoms with Gasteiger partial charge >= 0.3 is 0 Å². The fraction of sp³-hybridized carbons (Fsp3) is 0.161. The van der Waals surface area contributed by atoms with Crippen LogP contribution in [0.5, 0.6) is 0 Å². The Hall–Kier alpha value is -3.37. The Balaban J connectivity index is 1.80. The van der Waals surface area contributed by atoms with Crippen molar-refractivity contribution in [1.29, 1.82) is 0 Å². The molecule has 11 heteroatoms. The molecule has 7 nitrogen and oxygen atoms in total. The Labute approximate surface area is 264 Å². The van der Waals surface area contributed by atoms with Gasteiger partial charge in [0.1, 0.15) is 12.6 Å². The van der Waals surface area contributed by atoms with E-state index in [1.165, 1.54) is 42.3 Å². The number of amides is 2. The fourth-order valence-electron chi connectivity index (χ4n) is 4.44. The van der Waals surface area contributed by atoms with E-state index in [-0.39, 0.29) is 39.5 Å². The van der Waals surface area contributed by atoms with Crippen LogP contribution in [0.3, 0.4) is 0 Å². The average molecular weight is 689 g/mol. The second-order valence-electron chi connectivity index (χ2n) is 9.39. The highest BCUT2D eigenvalue weighted by Gasteiger charge is 2.34. The summed E-state index contributed by atoms with van der Waals surface area (Å²) in [5.41, 5.74) is 1.76. The lowest BCUT2D eigenvalue weighted by molar-refractivity contribution is -0.139. The van der Waals surface area contributed by atoms with E-state index in [9.17, 15) is 18.0 Å². The maximum absolute atomic E-state index is 14.3. The van der Waals surface area contributed by atoms with Crippen LogP contribution in [0.4, 0.5) is 5.69 Å². The van der Waals surface area contributed by atoms with Gasteiger partial charge in [0.2, 0.25) is 11.8 Å². The molecule has 0 aliphatic rings. The van der Waals surface area contributed by atoms with Crippen LogP contribution in [0.2, 0.25) is 10.0 Å². The molecule has 4 aromatic rings. The maximum atomic E-state index is 14.3.